The molecule has 0 aromatic carbocycles. The Bertz CT molecular complexity index is 773. The van der Waals surface area contributed by atoms with E-state index in [0.717, 1.165) is 25.9 Å². The first-order valence-electron chi connectivity index (χ1n) is 9.81. The van der Waals surface area contributed by atoms with Crippen molar-refractivity contribution in [3.63, 3.8) is 0 Å². The Morgan fingerprint density at radius 3 is 2.07 bits per heavy atom. The van der Waals surface area contributed by atoms with Crippen LogP contribution in [0.3, 0.4) is 0 Å². The maximum absolute atomic E-state index is 13.0. The number of hydrogen-bond donors (Lipinski definition) is 0. The van der Waals surface area contributed by atoms with E-state index in [1.807, 2.05) is 4.90 Å². The summed E-state index contributed by atoms with van der Waals surface area (Å²) in [5.74, 6) is 0.173. The lowest BCUT2D eigenvalue weighted by Crippen LogP contribution is -2.51. The van der Waals surface area contributed by atoms with E-state index in [1.54, 1.807) is 25.6 Å². The minimum Gasteiger partial charge on any atom is -0.342 e. The molecule has 3 rings (SSSR count). The van der Waals surface area contributed by atoms with Crippen LogP contribution in [0, 0.1) is 13.8 Å². The molecule has 2 fully saturated rings. The van der Waals surface area contributed by atoms with Crippen LogP contribution in [0.4, 0.5) is 0 Å². The third-order valence-electron chi connectivity index (χ3n) is 5.69. The third kappa shape index (κ3) is 4.35. The number of nitrogens with zero attached hydrogens (tertiary/aromatic N) is 5. The van der Waals surface area contributed by atoms with Gasteiger partial charge < -0.3 is 4.90 Å². The summed E-state index contributed by atoms with van der Waals surface area (Å²) >= 11 is 0. The van der Waals surface area contributed by atoms with Gasteiger partial charge in [-0.3, -0.25) is 14.4 Å². The van der Waals surface area contributed by atoms with Crippen LogP contribution < -0.4 is 0 Å². The monoisotopic (exact) mass is 397 g/mol. The third-order valence-corrected chi connectivity index (χ3v) is 7.84. The average Bonchev–Trinajstić information content (AvgIpc) is 2.83. The van der Waals surface area contributed by atoms with Crippen molar-refractivity contribution < 1.29 is 13.2 Å². The Labute approximate surface area is 162 Å². The van der Waals surface area contributed by atoms with Gasteiger partial charge in [-0.1, -0.05) is 12.8 Å². The molecular weight excluding hydrogens is 366 g/mol. The highest BCUT2D eigenvalue weighted by molar-refractivity contribution is 7.89. The lowest BCUT2D eigenvalue weighted by atomic mass is 10.2. The summed E-state index contributed by atoms with van der Waals surface area (Å²) in [7, 11) is -1.79. The average molecular weight is 398 g/mol. The number of aromatic nitrogens is 2. The molecule has 1 amide bonds. The number of carbonyl (C=O) groups is 1. The number of likely N-dealkylation sites (tertiary alicyclic amines) is 1. The van der Waals surface area contributed by atoms with Crippen molar-refractivity contribution in [1.29, 1.82) is 0 Å². The quantitative estimate of drug-likeness (QED) is 0.749. The molecule has 27 heavy (non-hydrogen) atoms. The van der Waals surface area contributed by atoms with E-state index < -0.39 is 10.0 Å². The van der Waals surface area contributed by atoms with E-state index in [1.165, 1.54) is 17.1 Å². The standard InChI is InChI=1S/C18H31N5O3S/c1-15-18(16(2)20(3)19-15)27(25,26)23-12-10-21(11-13-23)14-17(24)22-8-6-4-5-7-9-22/h4-14H2,1-3H3. The van der Waals surface area contributed by atoms with E-state index in [9.17, 15) is 13.2 Å². The molecule has 2 aliphatic heterocycles. The molecule has 0 bridgehead atoms. The summed E-state index contributed by atoms with van der Waals surface area (Å²) in [5.41, 5.74) is 1.19. The highest BCUT2D eigenvalue weighted by atomic mass is 32.2. The van der Waals surface area contributed by atoms with Crippen molar-refractivity contribution in [3.05, 3.63) is 11.4 Å². The molecular formula is C18H31N5O3S. The van der Waals surface area contributed by atoms with Crippen molar-refractivity contribution in [2.45, 2.75) is 44.4 Å². The van der Waals surface area contributed by atoms with Gasteiger partial charge >= 0.3 is 0 Å². The SMILES string of the molecule is Cc1nn(C)c(C)c1S(=O)(=O)N1CCN(CC(=O)N2CCCCCC2)CC1. The van der Waals surface area contributed by atoms with Gasteiger partial charge in [-0.2, -0.15) is 9.40 Å². The molecule has 3 heterocycles. The van der Waals surface area contributed by atoms with Gasteiger partial charge in [0.2, 0.25) is 15.9 Å². The molecule has 1 aromatic heterocycles. The largest absolute Gasteiger partial charge is 0.342 e. The topological polar surface area (TPSA) is 78.8 Å². The van der Waals surface area contributed by atoms with Crippen LogP contribution in [0.15, 0.2) is 4.90 Å². The van der Waals surface area contributed by atoms with Gasteiger partial charge in [0.25, 0.3) is 0 Å². The maximum Gasteiger partial charge on any atom is 0.246 e. The van der Waals surface area contributed by atoms with E-state index in [-0.39, 0.29) is 5.91 Å². The molecule has 0 N–H and O–H groups in total. The van der Waals surface area contributed by atoms with Crippen molar-refractivity contribution in [2.24, 2.45) is 7.05 Å². The minimum absolute atomic E-state index is 0.173. The van der Waals surface area contributed by atoms with Crippen LogP contribution >= 0.6 is 0 Å². The number of aryl methyl sites for hydroxylation is 2. The van der Waals surface area contributed by atoms with Gasteiger partial charge in [0, 0.05) is 46.3 Å². The predicted octanol–water partition coefficient (Wildman–Crippen LogP) is 0.746. The summed E-state index contributed by atoms with van der Waals surface area (Å²) < 4.78 is 29.2. The molecule has 0 saturated carbocycles. The van der Waals surface area contributed by atoms with Gasteiger partial charge in [-0.15, -0.1) is 0 Å². The number of hydrogen-bond acceptors (Lipinski definition) is 5. The van der Waals surface area contributed by atoms with Crippen LogP contribution in [-0.2, 0) is 21.9 Å². The van der Waals surface area contributed by atoms with Gasteiger partial charge in [-0.05, 0) is 26.7 Å². The van der Waals surface area contributed by atoms with Crippen molar-refractivity contribution in [3.8, 4) is 0 Å². The Kier molecular flexibility index (Phi) is 6.22. The maximum atomic E-state index is 13.0. The summed E-state index contributed by atoms with van der Waals surface area (Å²) in [6.07, 6.45) is 4.57. The second kappa shape index (κ2) is 8.28. The molecule has 0 radical (unpaired) electrons. The summed E-state index contributed by atoms with van der Waals surface area (Å²) in [5, 5.41) is 4.24. The zero-order valence-corrected chi connectivity index (χ0v) is 17.5. The molecule has 2 saturated heterocycles. The van der Waals surface area contributed by atoms with Gasteiger partial charge in [-0.25, -0.2) is 8.42 Å². The second-order valence-corrected chi connectivity index (χ2v) is 9.47. The number of sulfonamides is 1. The van der Waals surface area contributed by atoms with E-state index in [2.05, 4.69) is 10.00 Å². The van der Waals surface area contributed by atoms with Gasteiger partial charge in [0.1, 0.15) is 4.90 Å². The Hall–Kier alpha value is -1.45. The van der Waals surface area contributed by atoms with Gasteiger partial charge in [0.05, 0.1) is 17.9 Å². The summed E-state index contributed by atoms with van der Waals surface area (Å²) in [4.78, 5) is 16.9. The summed E-state index contributed by atoms with van der Waals surface area (Å²) in [6.45, 7) is 7.58. The minimum atomic E-state index is -3.55. The molecule has 8 nitrogen and oxygen atoms in total. The molecule has 0 unspecified atom stereocenters. The molecule has 9 heteroatoms. The molecule has 152 valence electrons. The number of piperazine rings is 1. The van der Waals surface area contributed by atoms with Gasteiger partial charge in [0.15, 0.2) is 0 Å². The lowest BCUT2D eigenvalue weighted by molar-refractivity contribution is -0.132. The van der Waals surface area contributed by atoms with E-state index in [0.29, 0.717) is 49.0 Å². The van der Waals surface area contributed by atoms with E-state index in [4.69, 9.17) is 0 Å². The van der Waals surface area contributed by atoms with E-state index >= 15 is 0 Å². The first-order valence-corrected chi connectivity index (χ1v) is 11.2. The van der Waals surface area contributed by atoms with Crippen molar-refractivity contribution >= 4 is 15.9 Å². The highest BCUT2D eigenvalue weighted by Crippen LogP contribution is 2.24. The zero-order chi connectivity index (χ0) is 19.6. The Balaban J connectivity index is 1.59. The van der Waals surface area contributed by atoms with Crippen LogP contribution in [0.2, 0.25) is 0 Å². The fourth-order valence-corrected chi connectivity index (χ4v) is 5.82. The lowest BCUT2D eigenvalue weighted by Gasteiger charge is -2.34. The van der Waals surface area contributed by atoms with Crippen LogP contribution in [-0.4, -0.2) is 84.0 Å². The first-order chi connectivity index (χ1) is 12.8. The normalized spacial score (nSPS) is 20.6. The molecule has 0 spiro atoms. The van der Waals surface area contributed by atoms with Crippen LogP contribution in [0.1, 0.15) is 37.1 Å². The first kappa shape index (κ1) is 20.3. The molecule has 1 aromatic rings. The van der Waals surface area contributed by atoms with Crippen molar-refractivity contribution in [2.75, 3.05) is 45.8 Å². The molecule has 2 aliphatic rings. The zero-order valence-electron chi connectivity index (χ0n) is 16.6. The van der Waals surface area contributed by atoms with Crippen LogP contribution in [0.25, 0.3) is 0 Å². The Morgan fingerprint density at radius 2 is 1.56 bits per heavy atom. The highest BCUT2D eigenvalue weighted by Gasteiger charge is 2.33. The number of amides is 1. The number of carbonyl (C=O) groups excluding carboxylic acids is 1. The fraction of sp³-hybridized carbons (Fsp3) is 0.778. The Morgan fingerprint density at radius 1 is 0.963 bits per heavy atom. The second-order valence-electron chi connectivity index (χ2n) is 7.60. The fourth-order valence-electron chi connectivity index (χ4n) is 4.00. The smallest absolute Gasteiger partial charge is 0.246 e. The summed E-state index contributed by atoms with van der Waals surface area (Å²) in [6, 6.07) is 0. The molecule has 0 atom stereocenters. The predicted molar refractivity (Wildman–Crippen MR) is 103 cm³/mol. The van der Waals surface area contributed by atoms with Crippen molar-refractivity contribution in [1.82, 2.24) is 23.9 Å². The number of rotatable bonds is 4. The van der Waals surface area contributed by atoms with Crippen LogP contribution in [0.5, 0.6) is 0 Å². The molecule has 0 aliphatic carbocycles.